The third-order valence-corrected chi connectivity index (χ3v) is 11.0. The van der Waals surface area contributed by atoms with E-state index in [0.29, 0.717) is 11.4 Å². The van der Waals surface area contributed by atoms with Crippen molar-refractivity contribution in [1.29, 1.82) is 0 Å². The van der Waals surface area contributed by atoms with Crippen molar-refractivity contribution in [3.05, 3.63) is 74.8 Å². The molecule has 3 fully saturated rings. The Morgan fingerprint density at radius 3 is 1.95 bits per heavy atom. The fourth-order valence-corrected chi connectivity index (χ4v) is 7.81. The number of halogens is 3. The maximum Gasteiger partial charge on any atom is 0.273 e. The van der Waals surface area contributed by atoms with Crippen LogP contribution in [0.15, 0.2) is 48.5 Å². The Morgan fingerprint density at radius 2 is 1.46 bits per heavy atom. The molecule has 2 aromatic rings. The Kier molecular flexibility index (Phi) is 6.74. The first kappa shape index (κ1) is 26.0. The van der Waals surface area contributed by atoms with E-state index in [4.69, 9.17) is 11.6 Å². The number of nitro groups is 1. The highest BCUT2D eigenvalue weighted by Crippen LogP contribution is 2.60. The molecule has 0 spiro atoms. The minimum absolute atomic E-state index is 0.00118. The summed E-state index contributed by atoms with van der Waals surface area (Å²) < 4.78 is 0. The summed E-state index contributed by atoms with van der Waals surface area (Å²) in [5.74, 6) is -3.68. The van der Waals surface area contributed by atoms with E-state index < -0.39 is 46.3 Å². The molecule has 7 atom stereocenters. The number of nitro benzene ring substituents is 1. The van der Waals surface area contributed by atoms with Crippen LogP contribution in [0, 0.1) is 33.8 Å². The van der Waals surface area contributed by atoms with Crippen LogP contribution in [0.1, 0.15) is 34.1 Å². The highest BCUT2D eigenvalue weighted by molar-refractivity contribution is 9.12. The van der Waals surface area contributed by atoms with Gasteiger partial charge in [0.15, 0.2) is 5.78 Å². The molecular formula is C25H20Br2ClN3O6. The van der Waals surface area contributed by atoms with Crippen molar-refractivity contribution in [2.75, 3.05) is 0 Å². The number of hydrogen-bond donors (Lipinski definition) is 0. The predicted octanol–water partition coefficient (Wildman–Crippen LogP) is 4.65. The molecule has 2 aliphatic carbocycles. The van der Waals surface area contributed by atoms with Gasteiger partial charge in [-0.25, -0.2) is 5.01 Å². The van der Waals surface area contributed by atoms with Crippen LogP contribution in [0.5, 0.6) is 0 Å². The first-order valence-electron chi connectivity index (χ1n) is 11.6. The number of nitrogens with zero attached hydrogens (tertiary/aromatic N) is 3. The van der Waals surface area contributed by atoms with Crippen LogP contribution in [-0.2, 0) is 9.59 Å². The largest absolute Gasteiger partial charge is 0.292 e. The van der Waals surface area contributed by atoms with E-state index in [2.05, 4.69) is 31.9 Å². The number of rotatable bonds is 6. The van der Waals surface area contributed by atoms with Gasteiger partial charge >= 0.3 is 0 Å². The fourth-order valence-electron chi connectivity index (χ4n) is 5.81. The van der Waals surface area contributed by atoms with E-state index in [1.165, 1.54) is 43.3 Å². The molecule has 1 heterocycles. The molecule has 37 heavy (non-hydrogen) atoms. The lowest BCUT2D eigenvalue weighted by molar-refractivity contribution is -0.384. The summed E-state index contributed by atoms with van der Waals surface area (Å²) in [6.07, 6.45) is 0.710. The number of imide groups is 1. The van der Waals surface area contributed by atoms with Crippen molar-refractivity contribution in [3.63, 3.8) is 0 Å². The molecule has 0 aromatic heterocycles. The Hall–Kier alpha value is -2.63. The predicted molar refractivity (Wildman–Crippen MR) is 140 cm³/mol. The van der Waals surface area contributed by atoms with Crippen LogP contribution in [-0.4, -0.2) is 54.1 Å². The van der Waals surface area contributed by atoms with Crippen LogP contribution in [0.3, 0.4) is 0 Å². The number of carbonyl (C=O) groups excluding carboxylic acids is 4. The lowest BCUT2D eigenvalue weighted by Gasteiger charge is -2.35. The van der Waals surface area contributed by atoms with Gasteiger partial charge in [-0.05, 0) is 61.6 Å². The molecule has 192 valence electrons. The SMILES string of the molecule is C[C@H](C(=O)c1ccc(Cl)cc1)N(C(=O)c1ccc([N+](=O)[O-])cc1)N1C(=O)[C@@H]2[C@H]3C[C@@H]([C@H](Br)[C@H]3Br)[C@H]2C1=O. The van der Waals surface area contributed by atoms with Crippen molar-refractivity contribution < 1.29 is 24.1 Å². The zero-order valence-electron chi connectivity index (χ0n) is 19.3. The summed E-state index contributed by atoms with van der Waals surface area (Å²) in [5, 5.41) is 13.2. The monoisotopic (exact) mass is 651 g/mol. The van der Waals surface area contributed by atoms with E-state index in [1.807, 2.05) is 0 Å². The van der Waals surface area contributed by atoms with Crippen LogP contribution >= 0.6 is 43.5 Å². The molecule has 2 aromatic carbocycles. The zero-order valence-corrected chi connectivity index (χ0v) is 23.2. The third-order valence-electron chi connectivity index (χ3n) is 7.59. The van der Waals surface area contributed by atoms with E-state index in [0.717, 1.165) is 22.2 Å². The third kappa shape index (κ3) is 4.11. The Labute approximate surface area is 233 Å². The second-order valence-corrected chi connectivity index (χ2v) is 12.0. The van der Waals surface area contributed by atoms with Crippen LogP contribution in [0.4, 0.5) is 5.69 Å². The molecule has 0 N–H and O–H groups in total. The molecule has 0 radical (unpaired) electrons. The summed E-state index contributed by atoms with van der Waals surface area (Å²) in [5.41, 5.74) is 0.0251. The van der Waals surface area contributed by atoms with E-state index >= 15 is 0 Å². The Bertz CT molecular complexity index is 1290. The molecule has 2 bridgehead atoms. The molecule has 2 saturated carbocycles. The van der Waals surface area contributed by atoms with Crippen LogP contribution in [0.25, 0.3) is 0 Å². The average molecular weight is 654 g/mol. The number of hydrazine groups is 1. The number of hydrogen-bond acceptors (Lipinski definition) is 6. The quantitative estimate of drug-likeness (QED) is 0.147. The maximum absolute atomic E-state index is 13.8. The van der Waals surface area contributed by atoms with E-state index in [-0.39, 0.29) is 38.3 Å². The average Bonchev–Trinajstić information content (AvgIpc) is 3.50. The van der Waals surface area contributed by atoms with Gasteiger partial charge in [0.1, 0.15) is 6.04 Å². The smallest absolute Gasteiger partial charge is 0.273 e. The minimum Gasteiger partial charge on any atom is -0.292 e. The number of benzene rings is 2. The molecule has 5 rings (SSSR count). The number of Topliss-reactive ketones (excluding diaryl/α,β-unsaturated/α-hetero) is 1. The molecule has 1 aliphatic heterocycles. The second-order valence-electron chi connectivity index (χ2n) is 9.49. The lowest BCUT2D eigenvalue weighted by atomic mass is 9.81. The van der Waals surface area contributed by atoms with Crippen molar-refractivity contribution in [3.8, 4) is 0 Å². The summed E-state index contributed by atoms with van der Waals surface area (Å²) >= 11 is 13.2. The summed E-state index contributed by atoms with van der Waals surface area (Å²) in [6.45, 7) is 1.45. The van der Waals surface area contributed by atoms with Gasteiger partial charge in [-0.3, -0.25) is 29.3 Å². The van der Waals surface area contributed by atoms with Gasteiger partial charge < -0.3 is 0 Å². The molecule has 3 aliphatic rings. The first-order chi connectivity index (χ1) is 17.5. The van der Waals surface area contributed by atoms with Gasteiger partial charge in [0, 0.05) is 37.9 Å². The zero-order chi connectivity index (χ0) is 26.8. The summed E-state index contributed by atoms with van der Waals surface area (Å²) in [6, 6.07) is 9.64. The summed E-state index contributed by atoms with van der Waals surface area (Å²) in [4.78, 5) is 65.2. The molecular weight excluding hydrogens is 634 g/mol. The van der Waals surface area contributed by atoms with Gasteiger partial charge in [-0.2, -0.15) is 5.01 Å². The normalized spacial score (nSPS) is 28.8. The lowest BCUT2D eigenvalue weighted by Crippen LogP contribution is -2.56. The van der Waals surface area contributed by atoms with Crippen molar-refractivity contribution in [2.24, 2.45) is 23.7 Å². The van der Waals surface area contributed by atoms with Crippen LogP contribution < -0.4 is 0 Å². The Morgan fingerprint density at radius 1 is 0.973 bits per heavy atom. The minimum atomic E-state index is -1.23. The topological polar surface area (TPSA) is 118 Å². The number of ketones is 1. The molecule has 9 nitrogen and oxygen atoms in total. The summed E-state index contributed by atoms with van der Waals surface area (Å²) in [7, 11) is 0. The maximum atomic E-state index is 13.8. The van der Waals surface area contributed by atoms with E-state index in [9.17, 15) is 29.3 Å². The van der Waals surface area contributed by atoms with E-state index in [1.54, 1.807) is 0 Å². The number of fused-ring (bicyclic) bond motifs is 5. The number of carbonyl (C=O) groups is 4. The highest BCUT2D eigenvalue weighted by Gasteiger charge is 2.68. The van der Waals surface area contributed by atoms with Crippen molar-refractivity contribution in [1.82, 2.24) is 10.0 Å². The highest BCUT2D eigenvalue weighted by atomic mass is 79.9. The standard InChI is InChI=1S/C25H20Br2ClN3O6/c1-11(22(32)12-2-6-14(28)7-3-12)29(23(33)13-4-8-15(9-5-13)31(36)37)30-24(34)18-16-10-17(19(18)25(30)35)21(27)20(16)26/h2-9,11,16-21H,10H2,1H3/t11-,16-,17-,18-,19-,20+,21+/m1/s1. The Balaban J connectivity index is 1.54. The van der Waals surface area contributed by atoms with Gasteiger partial charge in [0.2, 0.25) is 0 Å². The fraction of sp³-hybridized carbons (Fsp3) is 0.360. The first-order valence-corrected chi connectivity index (χ1v) is 13.8. The molecule has 12 heteroatoms. The van der Waals surface area contributed by atoms with Gasteiger partial charge in [-0.1, -0.05) is 43.5 Å². The number of amides is 3. The second kappa shape index (κ2) is 9.59. The number of non-ortho nitro benzene ring substituents is 1. The van der Waals surface area contributed by atoms with Crippen molar-refractivity contribution >= 4 is 72.7 Å². The molecule has 1 saturated heterocycles. The molecule has 3 amide bonds. The van der Waals surface area contributed by atoms with Crippen molar-refractivity contribution in [2.45, 2.75) is 29.0 Å². The van der Waals surface area contributed by atoms with Gasteiger partial charge in [-0.15, -0.1) is 0 Å². The van der Waals surface area contributed by atoms with Crippen LogP contribution in [0.2, 0.25) is 5.02 Å². The van der Waals surface area contributed by atoms with Gasteiger partial charge in [0.05, 0.1) is 16.8 Å². The number of alkyl halides is 2. The van der Waals surface area contributed by atoms with Gasteiger partial charge in [0.25, 0.3) is 23.4 Å². The molecule has 0 unspecified atom stereocenters.